The van der Waals surface area contributed by atoms with Gasteiger partial charge in [0.05, 0.1) is 0 Å². The Balaban J connectivity index is 2.78. The summed E-state index contributed by atoms with van der Waals surface area (Å²) in [6, 6.07) is -1.57. The van der Waals surface area contributed by atoms with Crippen LogP contribution in [0.1, 0.15) is 40.0 Å². The lowest BCUT2D eigenvalue weighted by molar-refractivity contribution is -0.149. The van der Waals surface area contributed by atoms with E-state index in [1.165, 1.54) is 4.90 Å². The Morgan fingerprint density at radius 3 is 2.57 bits per heavy atom. The number of alkyl carbamates (subject to hydrolysis) is 1. The number of ether oxygens (including phenoxy) is 1. The fourth-order valence-corrected chi connectivity index (χ4v) is 2.90. The summed E-state index contributed by atoms with van der Waals surface area (Å²) in [6.07, 6.45) is 2.78. The van der Waals surface area contributed by atoms with Crippen molar-refractivity contribution in [3.05, 3.63) is 0 Å². The predicted octanol–water partition coefficient (Wildman–Crippen LogP) is 1.71. The van der Waals surface area contributed by atoms with Crippen LogP contribution in [0.15, 0.2) is 0 Å². The van der Waals surface area contributed by atoms with Gasteiger partial charge in [-0.3, -0.25) is 4.79 Å². The van der Waals surface area contributed by atoms with E-state index in [0.29, 0.717) is 31.6 Å². The number of hydrogen-bond donors (Lipinski definition) is 2. The number of aliphatic carboxylic acids is 1. The Morgan fingerprint density at radius 2 is 2.04 bits per heavy atom. The Bertz CT molecular complexity index is 450. The van der Waals surface area contributed by atoms with Crippen molar-refractivity contribution in [1.29, 1.82) is 0 Å². The SMILES string of the molecule is CSCCC(NC(=O)OC(C)(C)C)C(=O)N1CCCC1C(=O)O. The van der Waals surface area contributed by atoms with Gasteiger partial charge in [-0.05, 0) is 52.0 Å². The van der Waals surface area contributed by atoms with Gasteiger partial charge < -0.3 is 20.1 Å². The summed E-state index contributed by atoms with van der Waals surface area (Å²) < 4.78 is 5.19. The molecule has 1 fully saturated rings. The Kier molecular flexibility index (Phi) is 7.18. The van der Waals surface area contributed by atoms with Crippen LogP contribution in [0.2, 0.25) is 0 Å². The van der Waals surface area contributed by atoms with Crippen LogP contribution in [0.4, 0.5) is 4.79 Å². The van der Waals surface area contributed by atoms with Crippen LogP contribution < -0.4 is 5.32 Å². The molecule has 1 heterocycles. The first-order valence-electron chi connectivity index (χ1n) is 7.67. The average Bonchev–Trinajstić information content (AvgIpc) is 2.90. The molecule has 8 heteroatoms. The monoisotopic (exact) mass is 346 g/mol. The van der Waals surface area contributed by atoms with Gasteiger partial charge in [-0.25, -0.2) is 9.59 Å². The minimum Gasteiger partial charge on any atom is -0.480 e. The number of likely N-dealkylation sites (tertiary alicyclic amines) is 1. The van der Waals surface area contributed by atoms with Crippen molar-refractivity contribution in [2.24, 2.45) is 0 Å². The van der Waals surface area contributed by atoms with Crippen molar-refractivity contribution in [1.82, 2.24) is 10.2 Å². The highest BCUT2D eigenvalue weighted by Gasteiger charge is 2.37. The van der Waals surface area contributed by atoms with Crippen molar-refractivity contribution in [2.75, 3.05) is 18.6 Å². The van der Waals surface area contributed by atoms with Gasteiger partial charge in [0, 0.05) is 6.54 Å². The topological polar surface area (TPSA) is 95.9 Å². The van der Waals surface area contributed by atoms with Crippen molar-refractivity contribution in [3.8, 4) is 0 Å². The lowest BCUT2D eigenvalue weighted by atomic mass is 10.1. The maximum Gasteiger partial charge on any atom is 0.408 e. The number of carboxylic acid groups (broad SMARTS) is 1. The summed E-state index contributed by atoms with van der Waals surface area (Å²) in [4.78, 5) is 37.2. The molecule has 0 radical (unpaired) electrons. The molecule has 2 amide bonds. The van der Waals surface area contributed by atoms with Crippen molar-refractivity contribution in [2.45, 2.75) is 57.7 Å². The summed E-state index contributed by atoms with van der Waals surface area (Å²) in [6.45, 7) is 5.63. The van der Waals surface area contributed by atoms with Crippen molar-refractivity contribution in [3.63, 3.8) is 0 Å². The highest BCUT2D eigenvalue weighted by atomic mass is 32.2. The van der Waals surface area contributed by atoms with E-state index >= 15 is 0 Å². The predicted molar refractivity (Wildman–Crippen MR) is 88.5 cm³/mol. The molecule has 1 aliphatic heterocycles. The van der Waals surface area contributed by atoms with Crippen LogP contribution in [0, 0.1) is 0 Å². The van der Waals surface area contributed by atoms with Crippen LogP contribution >= 0.6 is 11.8 Å². The highest BCUT2D eigenvalue weighted by molar-refractivity contribution is 7.98. The normalized spacial score (nSPS) is 19.3. The lowest BCUT2D eigenvalue weighted by Crippen LogP contribution is -2.52. The standard InChI is InChI=1S/C15H26N2O5S/c1-15(2,3)22-14(21)16-10(7-9-23-4)12(18)17-8-5-6-11(17)13(19)20/h10-11H,5-9H2,1-4H3,(H,16,21)(H,19,20). The smallest absolute Gasteiger partial charge is 0.408 e. The molecular formula is C15H26N2O5S. The van der Waals surface area contributed by atoms with Gasteiger partial charge in [0.15, 0.2) is 0 Å². The summed E-state index contributed by atoms with van der Waals surface area (Å²) in [5, 5.41) is 11.8. The van der Waals surface area contributed by atoms with Crippen LogP contribution in [0.3, 0.4) is 0 Å². The first-order chi connectivity index (χ1) is 10.7. The molecule has 2 atom stereocenters. The molecule has 0 bridgehead atoms. The summed E-state index contributed by atoms with van der Waals surface area (Å²) in [7, 11) is 0. The Hall–Kier alpha value is -1.44. The third-order valence-electron chi connectivity index (χ3n) is 3.42. The summed E-state index contributed by atoms with van der Waals surface area (Å²) in [5.74, 6) is -0.677. The fourth-order valence-electron chi connectivity index (χ4n) is 2.43. The first-order valence-corrected chi connectivity index (χ1v) is 9.07. The van der Waals surface area contributed by atoms with Gasteiger partial charge in [0.1, 0.15) is 17.7 Å². The van der Waals surface area contributed by atoms with E-state index in [1.54, 1.807) is 32.5 Å². The quantitative estimate of drug-likeness (QED) is 0.760. The summed E-state index contributed by atoms with van der Waals surface area (Å²) >= 11 is 1.56. The van der Waals surface area contributed by atoms with E-state index in [1.807, 2.05) is 6.26 Å². The third-order valence-corrected chi connectivity index (χ3v) is 4.06. The maximum absolute atomic E-state index is 12.7. The number of amides is 2. The third kappa shape index (κ3) is 6.29. The van der Waals surface area contributed by atoms with E-state index in [2.05, 4.69) is 5.32 Å². The van der Waals surface area contributed by atoms with Crippen LogP contribution in [0.5, 0.6) is 0 Å². The van der Waals surface area contributed by atoms with E-state index in [0.717, 1.165) is 0 Å². The van der Waals surface area contributed by atoms with Crippen LogP contribution in [0.25, 0.3) is 0 Å². The van der Waals surface area contributed by atoms with Gasteiger partial charge >= 0.3 is 12.1 Å². The zero-order chi connectivity index (χ0) is 17.6. The van der Waals surface area contributed by atoms with Gasteiger partial charge in [-0.1, -0.05) is 0 Å². The Labute approximate surface area is 141 Å². The molecule has 0 aromatic heterocycles. The molecule has 1 saturated heterocycles. The molecule has 132 valence electrons. The van der Waals surface area contributed by atoms with E-state index < -0.39 is 29.7 Å². The molecule has 2 N–H and O–H groups in total. The first kappa shape index (κ1) is 19.6. The molecule has 0 saturated carbocycles. The van der Waals surface area contributed by atoms with Gasteiger partial charge in [-0.2, -0.15) is 11.8 Å². The lowest BCUT2D eigenvalue weighted by Gasteiger charge is -2.28. The number of carboxylic acids is 1. The van der Waals surface area contributed by atoms with Gasteiger partial charge in [0.2, 0.25) is 5.91 Å². The molecular weight excluding hydrogens is 320 g/mol. The number of nitrogens with zero attached hydrogens (tertiary/aromatic N) is 1. The van der Waals surface area contributed by atoms with Gasteiger partial charge in [0.25, 0.3) is 0 Å². The molecule has 7 nitrogen and oxygen atoms in total. The molecule has 2 unspecified atom stereocenters. The van der Waals surface area contributed by atoms with Gasteiger partial charge in [-0.15, -0.1) is 0 Å². The van der Waals surface area contributed by atoms with Crippen LogP contribution in [-0.2, 0) is 14.3 Å². The van der Waals surface area contributed by atoms with Crippen molar-refractivity contribution >= 4 is 29.7 Å². The summed E-state index contributed by atoms with van der Waals surface area (Å²) in [5.41, 5.74) is -0.658. The second-order valence-corrected chi connectivity index (χ2v) is 7.49. The number of carbonyl (C=O) groups is 3. The molecule has 1 aliphatic rings. The molecule has 0 aromatic rings. The number of thioether (sulfide) groups is 1. The van der Waals surface area contributed by atoms with E-state index in [9.17, 15) is 19.5 Å². The second kappa shape index (κ2) is 8.42. The van der Waals surface area contributed by atoms with Crippen molar-refractivity contribution < 1.29 is 24.2 Å². The average molecular weight is 346 g/mol. The fraction of sp³-hybridized carbons (Fsp3) is 0.800. The second-order valence-electron chi connectivity index (χ2n) is 6.51. The maximum atomic E-state index is 12.7. The highest BCUT2D eigenvalue weighted by Crippen LogP contribution is 2.20. The number of rotatable bonds is 6. The molecule has 23 heavy (non-hydrogen) atoms. The molecule has 0 aliphatic carbocycles. The molecule has 0 aromatic carbocycles. The Morgan fingerprint density at radius 1 is 1.39 bits per heavy atom. The minimum atomic E-state index is -1.00. The molecule has 0 spiro atoms. The minimum absolute atomic E-state index is 0.352. The van der Waals surface area contributed by atoms with E-state index in [4.69, 9.17) is 4.74 Å². The van der Waals surface area contributed by atoms with Crippen LogP contribution in [-0.4, -0.2) is 64.2 Å². The van der Waals surface area contributed by atoms with E-state index in [-0.39, 0.29) is 5.91 Å². The largest absolute Gasteiger partial charge is 0.480 e. The molecule has 1 rings (SSSR count). The zero-order valence-corrected chi connectivity index (χ0v) is 14.9. The number of hydrogen-bond acceptors (Lipinski definition) is 5. The number of nitrogens with one attached hydrogen (secondary N) is 1. The zero-order valence-electron chi connectivity index (χ0n) is 14.1. The number of carbonyl (C=O) groups excluding carboxylic acids is 2.